The minimum Gasteiger partial charge on any atom is -0.330 e. The molecule has 0 amide bonds. The zero-order valence-electron chi connectivity index (χ0n) is 7.25. The van der Waals surface area contributed by atoms with E-state index in [1.807, 2.05) is 11.3 Å². The first kappa shape index (κ1) is 8.27. The Morgan fingerprint density at radius 3 is 2.75 bits per heavy atom. The molecule has 1 heterocycles. The second-order valence-corrected chi connectivity index (χ2v) is 4.81. The van der Waals surface area contributed by atoms with E-state index in [0.29, 0.717) is 0 Å². The van der Waals surface area contributed by atoms with Gasteiger partial charge in [0.2, 0.25) is 0 Å². The zero-order chi connectivity index (χ0) is 8.39. The molecular formula is C10H15NS. The van der Waals surface area contributed by atoms with Gasteiger partial charge in [-0.05, 0) is 50.3 Å². The Morgan fingerprint density at radius 1 is 1.33 bits per heavy atom. The van der Waals surface area contributed by atoms with Crippen molar-refractivity contribution in [2.45, 2.75) is 25.7 Å². The number of nitrogens with two attached hydrogens (primary N) is 1. The molecule has 0 aromatic carbocycles. The molecule has 1 aliphatic carbocycles. The molecule has 2 rings (SSSR count). The van der Waals surface area contributed by atoms with Crippen molar-refractivity contribution in [2.75, 3.05) is 6.54 Å². The van der Waals surface area contributed by atoms with Crippen LogP contribution in [0.3, 0.4) is 0 Å². The molecule has 0 unspecified atom stereocenters. The van der Waals surface area contributed by atoms with E-state index in [2.05, 4.69) is 12.1 Å². The first-order valence-electron chi connectivity index (χ1n) is 4.66. The fraction of sp³-hybridized carbons (Fsp3) is 0.600. The molecule has 1 aromatic heterocycles. The van der Waals surface area contributed by atoms with Gasteiger partial charge < -0.3 is 5.73 Å². The van der Waals surface area contributed by atoms with Crippen LogP contribution in [0.15, 0.2) is 12.1 Å². The van der Waals surface area contributed by atoms with Gasteiger partial charge >= 0.3 is 0 Å². The number of thiophene rings is 1. The molecule has 66 valence electrons. The van der Waals surface area contributed by atoms with E-state index in [1.54, 1.807) is 4.88 Å². The number of hydrogen-bond donors (Lipinski definition) is 1. The van der Waals surface area contributed by atoms with Crippen molar-refractivity contribution in [3.8, 4) is 0 Å². The van der Waals surface area contributed by atoms with E-state index >= 15 is 0 Å². The monoisotopic (exact) mass is 181 g/mol. The van der Waals surface area contributed by atoms with E-state index in [0.717, 1.165) is 18.9 Å². The van der Waals surface area contributed by atoms with Gasteiger partial charge in [-0.2, -0.15) is 0 Å². The van der Waals surface area contributed by atoms with E-state index in [-0.39, 0.29) is 0 Å². The van der Waals surface area contributed by atoms with Crippen molar-refractivity contribution in [3.05, 3.63) is 21.9 Å². The molecule has 0 bridgehead atoms. The molecule has 0 saturated heterocycles. The second-order valence-electron chi connectivity index (χ2n) is 3.55. The topological polar surface area (TPSA) is 26.0 Å². The standard InChI is InChI=1S/C10H15NS/c11-6-5-9-3-4-10(12-9)7-8-1-2-8/h3-4,8H,1-2,5-7,11H2. The first-order valence-corrected chi connectivity index (χ1v) is 5.48. The Kier molecular flexibility index (Phi) is 2.47. The van der Waals surface area contributed by atoms with E-state index in [1.165, 1.54) is 24.1 Å². The summed E-state index contributed by atoms with van der Waals surface area (Å²) in [7, 11) is 0. The Balaban J connectivity index is 1.92. The van der Waals surface area contributed by atoms with Crippen molar-refractivity contribution in [3.63, 3.8) is 0 Å². The largest absolute Gasteiger partial charge is 0.330 e. The lowest BCUT2D eigenvalue weighted by Gasteiger charge is -1.91. The van der Waals surface area contributed by atoms with Crippen LogP contribution in [-0.2, 0) is 12.8 Å². The fourth-order valence-electron chi connectivity index (χ4n) is 1.42. The number of rotatable bonds is 4. The Morgan fingerprint density at radius 2 is 2.08 bits per heavy atom. The van der Waals surface area contributed by atoms with Gasteiger partial charge in [-0.3, -0.25) is 0 Å². The molecule has 12 heavy (non-hydrogen) atoms. The molecule has 0 atom stereocenters. The van der Waals surface area contributed by atoms with Gasteiger partial charge in [0, 0.05) is 9.75 Å². The lowest BCUT2D eigenvalue weighted by molar-refractivity contribution is 0.846. The minimum absolute atomic E-state index is 0.781. The van der Waals surface area contributed by atoms with E-state index in [9.17, 15) is 0 Å². The van der Waals surface area contributed by atoms with Crippen LogP contribution in [0.1, 0.15) is 22.6 Å². The summed E-state index contributed by atoms with van der Waals surface area (Å²) in [5.41, 5.74) is 5.49. The maximum absolute atomic E-state index is 5.49. The zero-order valence-corrected chi connectivity index (χ0v) is 8.07. The maximum Gasteiger partial charge on any atom is 0.00607 e. The lowest BCUT2D eigenvalue weighted by atomic mass is 10.2. The third-order valence-corrected chi connectivity index (χ3v) is 3.46. The molecule has 0 spiro atoms. The molecule has 0 radical (unpaired) electrons. The quantitative estimate of drug-likeness (QED) is 0.757. The fourth-order valence-corrected chi connectivity index (χ4v) is 2.56. The van der Waals surface area contributed by atoms with Gasteiger partial charge in [-0.15, -0.1) is 11.3 Å². The Hall–Kier alpha value is -0.340. The average Bonchev–Trinajstić information content (AvgIpc) is 2.74. The van der Waals surface area contributed by atoms with Crippen LogP contribution in [0.25, 0.3) is 0 Å². The minimum atomic E-state index is 0.781. The highest BCUT2D eigenvalue weighted by Gasteiger charge is 2.21. The summed E-state index contributed by atoms with van der Waals surface area (Å²) in [5, 5.41) is 0. The van der Waals surface area contributed by atoms with E-state index in [4.69, 9.17) is 5.73 Å². The third-order valence-electron chi connectivity index (χ3n) is 2.29. The van der Waals surface area contributed by atoms with Crippen molar-refractivity contribution in [2.24, 2.45) is 11.7 Å². The van der Waals surface area contributed by atoms with Crippen LogP contribution in [0, 0.1) is 5.92 Å². The SMILES string of the molecule is NCCc1ccc(CC2CC2)s1. The van der Waals surface area contributed by atoms with Crippen LogP contribution in [-0.4, -0.2) is 6.54 Å². The van der Waals surface area contributed by atoms with Gasteiger partial charge in [0.05, 0.1) is 0 Å². The first-order chi connectivity index (χ1) is 5.88. The smallest absolute Gasteiger partial charge is 0.00607 e. The third kappa shape index (κ3) is 2.08. The molecule has 1 fully saturated rings. The molecular weight excluding hydrogens is 166 g/mol. The molecule has 2 N–H and O–H groups in total. The highest BCUT2D eigenvalue weighted by molar-refractivity contribution is 7.12. The molecule has 2 heteroatoms. The summed E-state index contributed by atoms with van der Waals surface area (Å²) in [6.07, 6.45) is 5.26. The lowest BCUT2D eigenvalue weighted by Crippen LogP contribution is -2.00. The molecule has 1 aromatic rings. The van der Waals surface area contributed by atoms with Gasteiger partial charge in [-0.25, -0.2) is 0 Å². The summed E-state index contributed by atoms with van der Waals surface area (Å²) in [5.74, 6) is 1.01. The molecule has 1 nitrogen and oxygen atoms in total. The van der Waals surface area contributed by atoms with Crippen LogP contribution >= 0.6 is 11.3 Å². The Labute approximate surface area is 77.6 Å². The Bertz CT molecular complexity index is 250. The normalized spacial score (nSPS) is 16.8. The average molecular weight is 181 g/mol. The maximum atomic E-state index is 5.49. The molecule has 1 aliphatic rings. The summed E-state index contributed by atoms with van der Waals surface area (Å²) < 4.78 is 0. The van der Waals surface area contributed by atoms with Crippen molar-refractivity contribution < 1.29 is 0 Å². The van der Waals surface area contributed by atoms with Gasteiger partial charge in [-0.1, -0.05) is 0 Å². The van der Waals surface area contributed by atoms with Gasteiger partial charge in [0.1, 0.15) is 0 Å². The predicted octanol–water partition coefficient (Wildman–Crippen LogP) is 2.20. The van der Waals surface area contributed by atoms with Crippen LogP contribution in [0.5, 0.6) is 0 Å². The van der Waals surface area contributed by atoms with Gasteiger partial charge in [0.15, 0.2) is 0 Å². The highest BCUT2D eigenvalue weighted by atomic mass is 32.1. The van der Waals surface area contributed by atoms with Crippen LogP contribution < -0.4 is 5.73 Å². The predicted molar refractivity (Wildman–Crippen MR) is 53.5 cm³/mol. The van der Waals surface area contributed by atoms with Crippen molar-refractivity contribution >= 4 is 11.3 Å². The molecule has 0 aliphatic heterocycles. The summed E-state index contributed by atoms with van der Waals surface area (Å²) in [6, 6.07) is 4.50. The highest BCUT2D eigenvalue weighted by Crippen LogP contribution is 2.34. The molecule has 1 saturated carbocycles. The van der Waals surface area contributed by atoms with E-state index < -0.39 is 0 Å². The van der Waals surface area contributed by atoms with Crippen molar-refractivity contribution in [1.82, 2.24) is 0 Å². The van der Waals surface area contributed by atoms with Crippen LogP contribution in [0.4, 0.5) is 0 Å². The number of hydrogen-bond acceptors (Lipinski definition) is 2. The summed E-state index contributed by atoms with van der Waals surface area (Å²) in [6.45, 7) is 0.781. The van der Waals surface area contributed by atoms with Crippen LogP contribution in [0.2, 0.25) is 0 Å². The van der Waals surface area contributed by atoms with Crippen molar-refractivity contribution in [1.29, 1.82) is 0 Å². The summed E-state index contributed by atoms with van der Waals surface area (Å²) >= 11 is 1.95. The summed E-state index contributed by atoms with van der Waals surface area (Å²) in [4.78, 5) is 3.01. The second kappa shape index (κ2) is 3.58. The van der Waals surface area contributed by atoms with Gasteiger partial charge in [0.25, 0.3) is 0 Å².